The van der Waals surface area contributed by atoms with Crippen LogP contribution in [0.4, 0.5) is 0 Å². The van der Waals surface area contributed by atoms with Gasteiger partial charge in [0.15, 0.2) is 0 Å². The van der Waals surface area contributed by atoms with Crippen molar-refractivity contribution in [1.82, 2.24) is 10.3 Å². The van der Waals surface area contributed by atoms with Crippen LogP contribution in [0.1, 0.15) is 26.7 Å². The summed E-state index contributed by atoms with van der Waals surface area (Å²) in [7, 11) is 0. The highest BCUT2D eigenvalue weighted by Gasteiger charge is 2.45. The van der Waals surface area contributed by atoms with E-state index in [0.717, 1.165) is 25.9 Å². The predicted molar refractivity (Wildman–Crippen MR) is 64.7 cm³/mol. The molecule has 4 unspecified atom stereocenters. The Kier molecular flexibility index (Phi) is 3.70. The predicted octanol–water partition coefficient (Wildman–Crippen LogP) is -0.296. The molecule has 0 bridgehead atoms. The fourth-order valence-corrected chi connectivity index (χ4v) is 3.47. The van der Waals surface area contributed by atoms with Crippen LogP contribution in [0.15, 0.2) is 0 Å². The zero-order valence-electron chi connectivity index (χ0n) is 10.6. The fraction of sp³-hybridized carbons (Fsp3) is 0.917. The average molecular weight is 241 g/mol. The number of carbonyl (C=O) groups excluding carboxylic acids is 1. The van der Waals surface area contributed by atoms with Crippen LogP contribution in [-0.4, -0.2) is 41.1 Å². The van der Waals surface area contributed by atoms with Crippen molar-refractivity contribution in [2.75, 3.05) is 13.1 Å². The summed E-state index contributed by atoms with van der Waals surface area (Å²) in [6.07, 6.45) is 1.81. The highest BCUT2D eigenvalue weighted by Crippen LogP contribution is 2.39. The van der Waals surface area contributed by atoms with Gasteiger partial charge in [-0.15, -0.1) is 0 Å². The second-order valence-electron chi connectivity index (χ2n) is 5.72. The topological polar surface area (TPSA) is 78.6 Å². The van der Waals surface area contributed by atoms with Crippen molar-refractivity contribution in [2.24, 2.45) is 23.6 Å². The number of amides is 1. The minimum absolute atomic E-state index is 0.116. The molecule has 4 N–H and O–H groups in total. The summed E-state index contributed by atoms with van der Waals surface area (Å²) < 4.78 is 0. The molecule has 1 heterocycles. The van der Waals surface area contributed by atoms with E-state index in [1.807, 2.05) is 13.8 Å². The Balaban J connectivity index is 2.05. The van der Waals surface area contributed by atoms with Gasteiger partial charge in [0.1, 0.15) is 0 Å². The van der Waals surface area contributed by atoms with E-state index in [1.165, 1.54) is 0 Å². The lowest BCUT2D eigenvalue weighted by Crippen LogP contribution is -2.51. The SMILES string of the molecule is CC(C)C(C(=O)NN)N1CC2CCC(O)C2C1. The van der Waals surface area contributed by atoms with Gasteiger partial charge in [-0.3, -0.25) is 15.1 Å². The molecule has 2 aliphatic rings. The maximum Gasteiger partial charge on any atom is 0.251 e. The van der Waals surface area contributed by atoms with Gasteiger partial charge in [-0.25, -0.2) is 5.84 Å². The van der Waals surface area contributed by atoms with Crippen LogP contribution >= 0.6 is 0 Å². The molecule has 4 atom stereocenters. The molecule has 0 radical (unpaired) electrons. The number of rotatable bonds is 3. The number of aliphatic hydroxyl groups excluding tert-OH is 1. The summed E-state index contributed by atoms with van der Waals surface area (Å²) in [6, 6.07) is -0.169. The van der Waals surface area contributed by atoms with Crippen molar-refractivity contribution in [2.45, 2.75) is 38.8 Å². The molecule has 0 aromatic carbocycles. The molecule has 1 aliphatic carbocycles. The first-order chi connectivity index (χ1) is 8.04. The van der Waals surface area contributed by atoms with Gasteiger partial charge < -0.3 is 5.11 Å². The monoisotopic (exact) mass is 241 g/mol. The lowest BCUT2D eigenvalue weighted by Gasteiger charge is -2.30. The molecule has 1 aliphatic heterocycles. The third kappa shape index (κ3) is 2.32. The first-order valence-corrected chi connectivity index (χ1v) is 6.47. The van der Waals surface area contributed by atoms with Gasteiger partial charge in [-0.05, 0) is 24.7 Å². The number of carbonyl (C=O) groups is 1. The van der Waals surface area contributed by atoms with Crippen molar-refractivity contribution in [3.8, 4) is 0 Å². The highest BCUT2D eigenvalue weighted by molar-refractivity contribution is 5.81. The first kappa shape index (κ1) is 12.8. The summed E-state index contributed by atoms with van der Waals surface area (Å²) >= 11 is 0. The molecule has 1 saturated carbocycles. The zero-order chi connectivity index (χ0) is 12.6. The van der Waals surface area contributed by atoms with E-state index in [4.69, 9.17) is 5.84 Å². The molecule has 5 nitrogen and oxygen atoms in total. The van der Waals surface area contributed by atoms with Crippen LogP contribution in [0.3, 0.4) is 0 Å². The normalized spacial score (nSPS) is 35.0. The Morgan fingerprint density at radius 1 is 1.41 bits per heavy atom. The Morgan fingerprint density at radius 3 is 2.65 bits per heavy atom. The Morgan fingerprint density at radius 2 is 2.12 bits per heavy atom. The summed E-state index contributed by atoms with van der Waals surface area (Å²) in [5.41, 5.74) is 2.26. The Labute approximate surface area is 102 Å². The van der Waals surface area contributed by atoms with Gasteiger partial charge in [0.25, 0.3) is 5.91 Å². The second-order valence-corrected chi connectivity index (χ2v) is 5.72. The van der Waals surface area contributed by atoms with E-state index in [2.05, 4.69) is 10.3 Å². The maximum atomic E-state index is 11.8. The third-order valence-corrected chi connectivity index (χ3v) is 4.28. The number of nitrogens with zero attached hydrogens (tertiary/aromatic N) is 1. The molecule has 0 aromatic rings. The van der Waals surface area contributed by atoms with E-state index >= 15 is 0 Å². The van der Waals surface area contributed by atoms with E-state index < -0.39 is 0 Å². The van der Waals surface area contributed by atoms with Gasteiger partial charge in [-0.2, -0.15) is 0 Å². The van der Waals surface area contributed by atoms with Crippen molar-refractivity contribution >= 4 is 5.91 Å². The van der Waals surface area contributed by atoms with E-state index in [0.29, 0.717) is 11.8 Å². The number of aliphatic hydroxyl groups is 1. The van der Waals surface area contributed by atoms with E-state index in [9.17, 15) is 9.90 Å². The molecule has 0 spiro atoms. The molecule has 1 saturated heterocycles. The molecule has 2 rings (SSSR count). The van der Waals surface area contributed by atoms with Gasteiger partial charge in [-0.1, -0.05) is 13.8 Å². The van der Waals surface area contributed by atoms with Crippen LogP contribution in [0.5, 0.6) is 0 Å². The molecule has 1 amide bonds. The molecule has 2 fully saturated rings. The number of nitrogens with one attached hydrogen (secondary N) is 1. The fourth-order valence-electron chi connectivity index (χ4n) is 3.47. The van der Waals surface area contributed by atoms with E-state index in [-0.39, 0.29) is 24.0 Å². The molecule has 98 valence electrons. The van der Waals surface area contributed by atoms with Crippen molar-refractivity contribution in [1.29, 1.82) is 0 Å². The second kappa shape index (κ2) is 4.92. The largest absolute Gasteiger partial charge is 0.393 e. The van der Waals surface area contributed by atoms with Crippen molar-refractivity contribution in [3.63, 3.8) is 0 Å². The zero-order valence-corrected chi connectivity index (χ0v) is 10.6. The lowest BCUT2D eigenvalue weighted by molar-refractivity contribution is -0.127. The van der Waals surface area contributed by atoms with Crippen LogP contribution in [0.25, 0.3) is 0 Å². The third-order valence-electron chi connectivity index (χ3n) is 4.28. The smallest absolute Gasteiger partial charge is 0.251 e. The first-order valence-electron chi connectivity index (χ1n) is 6.47. The average Bonchev–Trinajstić information content (AvgIpc) is 2.81. The maximum absolute atomic E-state index is 11.8. The minimum Gasteiger partial charge on any atom is -0.393 e. The van der Waals surface area contributed by atoms with Crippen LogP contribution < -0.4 is 11.3 Å². The summed E-state index contributed by atoms with van der Waals surface area (Å²) in [6.45, 7) is 5.80. The number of hydrogen-bond acceptors (Lipinski definition) is 4. The number of hydrogen-bond donors (Lipinski definition) is 3. The number of hydrazine groups is 1. The minimum atomic E-state index is -0.182. The number of likely N-dealkylation sites (tertiary alicyclic amines) is 1. The number of fused-ring (bicyclic) bond motifs is 1. The Bertz CT molecular complexity index is 295. The summed E-state index contributed by atoms with van der Waals surface area (Å²) in [5.74, 6) is 6.26. The van der Waals surface area contributed by atoms with Gasteiger partial charge >= 0.3 is 0 Å². The van der Waals surface area contributed by atoms with Gasteiger partial charge in [0.05, 0.1) is 12.1 Å². The molecular weight excluding hydrogens is 218 g/mol. The van der Waals surface area contributed by atoms with E-state index in [1.54, 1.807) is 0 Å². The quantitative estimate of drug-likeness (QED) is 0.360. The van der Waals surface area contributed by atoms with Gasteiger partial charge in [0, 0.05) is 19.0 Å². The molecule has 0 aromatic heterocycles. The summed E-state index contributed by atoms with van der Waals surface area (Å²) in [5, 5.41) is 9.88. The molecular formula is C12H23N3O2. The number of nitrogens with two attached hydrogens (primary N) is 1. The van der Waals surface area contributed by atoms with Crippen molar-refractivity contribution < 1.29 is 9.90 Å². The van der Waals surface area contributed by atoms with Crippen LogP contribution in [0.2, 0.25) is 0 Å². The Hall–Kier alpha value is -0.650. The standard InChI is InChI=1S/C12H23N3O2/c1-7(2)11(12(17)14-13)15-5-8-3-4-10(16)9(8)6-15/h7-11,16H,3-6,13H2,1-2H3,(H,14,17). The van der Waals surface area contributed by atoms with Crippen LogP contribution in [0, 0.1) is 17.8 Å². The molecule has 17 heavy (non-hydrogen) atoms. The van der Waals surface area contributed by atoms with Gasteiger partial charge in [0.2, 0.25) is 0 Å². The highest BCUT2D eigenvalue weighted by atomic mass is 16.3. The van der Waals surface area contributed by atoms with Crippen molar-refractivity contribution in [3.05, 3.63) is 0 Å². The molecule has 5 heteroatoms. The summed E-state index contributed by atoms with van der Waals surface area (Å²) in [4.78, 5) is 14.0. The lowest BCUT2D eigenvalue weighted by atomic mass is 9.99. The van der Waals surface area contributed by atoms with Crippen LogP contribution in [-0.2, 0) is 4.79 Å².